The van der Waals surface area contributed by atoms with E-state index in [4.69, 9.17) is 14.5 Å². The number of nitrogens with zero attached hydrogens (tertiary/aromatic N) is 6. The zero-order chi connectivity index (χ0) is 37.4. The highest BCUT2D eigenvalue weighted by atomic mass is 19.4. The third-order valence-corrected chi connectivity index (χ3v) is 9.25. The molecule has 0 atom stereocenters. The van der Waals surface area contributed by atoms with Gasteiger partial charge >= 0.3 is 12.3 Å². The molecule has 274 valence electrons. The van der Waals surface area contributed by atoms with Crippen LogP contribution in [0.15, 0.2) is 72.9 Å². The molecule has 0 aliphatic carbocycles. The van der Waals surface area contributed by atoms with E-state index in [0.29, 0.717) is 49.9 Å². The van der Waals surface area contributed by atoms with Crippen molar-refractivity contribution in [2.45, 2.75) is 64.0 Å². The smallest absolute Gasteiger partial charge is 0.419 e. The number of likely N-dealkylation sites (N-methyl/N-ethyl adjacent to an activating group) is 1. The van der Waals surface area contributed by atoms with E-state index in [2.05, 4.69) is 10.1 Å². The summed E-state index contributed by atoms with van der Waals surface area (Å²) in [6, 6.07) is 18.6. The average Bonchev–Trinajstić information content (AvgIpc) is 3.42. The topological polar surface area (TPSA) is 85.6 Å². The van der Waals surface area contributed by atoms with Crippen LogP contribution in [0.2, 0.25) is 0 Å². The highest BCUT2D eigenvalue weighted by Gasteiger charge is 2.42. The molecule has 3 aromatic carbocycles. The molecule has 1 fully saturated rings. The molecule has 3 heterocycles. The van der Waals surface area contributed by atoms with Crippen LogP contribution in [0.25, 0.3) is 22.3 Å². The van der Waals surface area contributed by atoms with E-state index in [1.54, 1.807) is 35.2 Å². The van der Waals surface area contributed by atoms with Crippen LogP contribution in [-0.4, -0.2) is 62.0 Å². The highest BCUT2D eigenvalue weighted by molar-refractivity contribution is 5.92. The first kappa shape index (κ1) is 36.5. The van der Waals surface area contributed by atoms with E-state index >= 15 is 8.78 Å². The van der Waals surface area contributed by atoms with E-state index in [1.165, 1.54) is 17.9 Å². The number of piperidine rings is 1. The number of benzene rings is 3. The number of likely N-dealkylation sites (tertiary alicyclic amines) is 1. The molecular formula is C38H39F5N6O3. The Bertz CT molecular complexity index is 2060. The van der Waals surface area contributed by atoms with Gasteiger partial charge in [-0.05, 0) is 57.2 Å². The fourth-order valence-electron chi connectivity index (χ4n) is 6.49. The Balaban J connectivity index is 1.37. The number of aryl methyl sites for hydroxylation is 1. The van der Waals surface area contributed by atoms with Gasteiger partial charge in [-0.1, -0.05) is 60.7 Å². The van der Waals surface area contributed by atoms with Crippen LogP contribution >= 0.6 is 0 Å². The largest absolute Gasteiger partial charge is 0.483 e. The van der Waals surface area contributed by atoms with Crippen molar-refractivity contribution in [2.75, 3.05) is 25.0 Å². The number of alkyl halides is 3. The fourth-order valence-corrected chi connectivity index (χ4v) is 6.49. The van der Waals surface area contributed by atoms with Crippen molar-refractivity contribution in [3.05, 3.63) is 101 Å². The van der Waals surface area contributed by atoms with E-state index in [-0.39, 0.29) is 29.4 Å². The number of halogens is 5. The number of carbonyl (C=O) groups excluding carboxylic acids is 1. The van der Waals surface area contributed by atoms with Gasteiger partial charge in [0.1, 0.15) is 17.9 Å². The average molecular weight is 723 g/mol. The minimum Gasteiger partial charge on any atom is -0.483 e. The number of ether oxygens (including phenoxy) is 2. The molecule has 14 heteroatoms. The van der Waals surface area contributed by atoms with Crippen LogP contribution in [0.3, 0.4) is 0 Å². The van der Waals surface area contributed by atoms with Gasteiger partial charge in [0.2, 0.25) is 5.95 Å². The Kier molecular flexibility index (Phi) is 9.86. The zero-order valence-electron chi connectivity index (χ0n) is 29.5. The molecule has 0 N–H and O–H groups in total. The molecule has 2 aromatic heterocycles. The Morgan fingerprint density at radius 2 is 1.56 bits per heavy atom. The van der Waals surface area contributed by atoms with Crippen molar-refractivity contribution in [1.82, 2.24) is 24.6 Å². The first-order valence-corrected chi connectivity index (χ1v) is 16.8. The second-order valence-corrected chi connectivity index (χ2v) is 14.0. The molecule has 5 aromatic rings. The van der Waals surface area contributed by atoms with Gasteiger partial charge in [0.05, 0.1) is 16.5 Å². The Morgan fingerprint density at radius 1 is 0.942 bits per heavy atom. The molecule has 0 spiro atoms. The summed E-state index contributed by atoms with van der Waals surface area (Å²) in [5, 5.41) is 4.50. The molecule has 0 unspecified atom stereocenters. The van der Waals surface area contributed by atoms with Gasteiger partial charge in [-0.15, -0.1) is 0 Å². The van der Waals surface area contributed by atoms with Crippen LogP contribution in [0.5, 0.6) is 5.75 Å². The van der Waals surface area contributed by atoms with Gasteiger partial charge in [0.25, 0.3) is 0 Å². The van der Waals surface area contributed by atoms with Gasteiger partial charge < -0.3 is 19.3 Å². The molecule has 1 saturated heterocycles. The van der Waals surface area contributed by atoms with Gasteiger partial charge in [-0.25, -0.2) is 23.2 Å². The lowest BCUT2D eigenvalue weighted by Gasteiger charge is -2.47. The number of rotatable bonds is 8. The van der Waals surface area contributed by atoms with E-state index < -0.39 is 45.8 Å². The van der Waals surface area contributed by atoms with Crippen LogP contribution < -0.4 is 9.64 Å². The van der Waals surface area contributed by atoms with Crippen LogP contribution in [-0.2, 0) is 31.0 Å². The molecule has 0 radical (unpaired) electrons. The van der Waals surface area contributed by atoms with Crippen molar-refractivity contribution in [3.63, 3.8) is 0 Å². The number of hydrogen-bond acceptors (Lipinski definition) is 7. The van der Waals surface area contributed by atoms with Gasteiger partial charge in [0.15, 0.2) is 23.0 Å². The summed E-state index contributed by atoms with van der Waals surface area (Å²) in [7, 11) is 3.39. The molecule has 52 heavy (non-hydrogen) atoms. The molecule has 1 amide bonds. The van der Waals surface area contributed by atoms with Crippen LogP contribution in [0.1, 0.15) is 50.3 Å². The molecule has 6 rings (SSSR count). The van der Waals surface area contributed by atoms with Crippen molar-refractivity contribution < 1.29 is 36.2 Å². The number of carbonyl (C=O) groups is 1. The minimum atomic E-state index is -5.15. The molecule has 9 nitrogen and oxygen atoms in total. The van der Waals surface area contributed by atoms with Gasteiger partial charge in [0, 0.05) is 38.9 Å². The van der Waals surface area contributed by atoms with Crippen molar-refractivity contribution in [2.24, 2.45) is 7.05 Å². The second-order valence-electron chi connectivity index (χ2n) is 14.0. The van der Waals surface area contributed by atoms with E-state index in [1.807, 2.05) is 63.1 Å². The van der Waals surface area contributed by atoms with Crippen LogP contribution in [0, 0.1) is 11.6 Å². The summed E-state index contributed by atoms with van der Waals surface area (Å²) < 4.78 is 85.8. The number of anilines is 1. The summed E-state index contributed by atoms with van der Waals surface area (Å²) in [6.45, 7) is 5.93. The third kappa shape index (κ3) is 7.51. The van der Waals surface area contributed by atoms with Crippen molar-refractivity contribution in [3.8, 4) is 17.0 Å². The lowest BCUT2D eigenvalue weighted by atomic mass is 9.80. The Hall–Kier alpha value is -5.27. The molecule has 1 aliphatic rings. The number of amides is 1. The fraction of sp³-hybridized carbons (Fsp3) is 0.368. The van der Waals surface area contributed by atoms with Gasteiger partial charge in [-0.3, -0.25) is 0 Å². The molecular weight excluding hydrogens is 683 g/mol. The quantitative estimate of drug-likeness (QED) is 0.149. The maximum Gasteiger partial charge on any atom is 0.419 e. The number of fused-ring (bicyclic) bond motifs is 1. The summed E-state index contributed by atoms with van der Waals surface area (Å²) in [5.74, 6) is -4.05. The summed E-state index contributed by atoms with van der Waals surface area (Å²) in [5.41, 5.74) is -1.88. The standard InChI is InChI=1S/C38H39F5N6O3/c1-36(2,3)52-35(50)49-18-16-37(17-19-49,21-24-12-8-6-9-13-24)47(4)34-44-22-27-31(46-48(5)33(27)45-34)26-20-28(38(41,42)43)30(40)32(29(26)39)51-23-25-14-10-7-11-15-25/h6-15,20,22H,16-19,21,23H2,1-5H3. The minimum absolute atomic E-state index is 0.157. The summed E-state index contributed by atoms with van der Waals surface area (Å²) >= 11 is 0. The predicted molar refractivity (Wildman–Crippen MR) is 186 cm³/mol. The maximum absolute atomic E-state index is 16.0. The SMILES string of the molecule is CN(c1ncc2c(-c3cc(C(F)(F)F)c(F)c(OCc4ccccc4)c3F)nn(C)c2n1)C1(Cc2ccccc2)CCN(C(=O)OC(C)(C)C)CC1. The van der Waals surface area contributed by atoms with Crippen molar-refractivity contribution >= 4 is 23.1 Å². The Labute approximate surface area is 298 Å². The maximum atomic E-state index is 16.0. The first-order valence-electron chi connectivity index (χ1n) is 16.8. The first-order chi connectivity index (χ1) is 24.6. The predicted octanol–water partition coefficient (Wildman–Crippen LogP) is 8.35. The van der Waals surface area contributed by atoms with Gasteiger partial charge in [-0.2, -0.15) is 23.3 Å². The monoisotopic (exact) mass is 722 g/mol. The second kappa shape index (κ2) is 14.0. The highest BCUT2D eigenvalue weighted by Crippen LogP contribution is 2.43. The molecule has 1 aliphatic heterocycles. The summed E-state index contributed by atoms with van der Waals surface area (Å²) in [6.07, 6.45) is -2.44. The third-order valence-electron chi connectivity index (χ3n) is 9.25. The Morgan fingerprint density at radius 3 is 2.15 bits per heavy atom. The molecule has 0 saturated carbocycles. The number of hydrogen-bond donors (Lipinski definition) is 0. The summed E-state index contributed by atoms with van der Waals surface area (Å²) in [4.78, 5) is 25.9. The van der Waals surface area contributed by atoms with E-state index in [0.717, 1.165) is 5.56 Å². The molecule has 0 bridgehead atoms. The normalized spacial score (nSPS) is 14.8. The zero-order valence-corrected chi connectivity index (χ0v) is 29.5. The lowest BCUT2D eigenvalue weighted by Crippen LogP contribution is -2.57. The van der Waals surface area contributed by atoms with Crippen LogP contribution in [0.4, 0.5) is 32.7 Å². The number of aromatic nitrogens is 4. The lowest BCUT2D eigenvalue weighted by molar-refractivity contribution is -0.140. The van der Waals surface area contributed by atoms with Crippen molar-refractivity contribution in [1.29, 1.82) is 0 Å². The van der Waals surface area contributed by atoms with E-state index in [9.17, 15) is 18.0 Å².